The zero-order chi connectivity index (χ0) is 11.6. The molecule has 0 aromatic heterocycles. The maximum atomic E-state index is 5.61. The van der Waals surface area contributed by atoms with E-state index in [1.165, 1.54) is 25.7 Å². The van der Waals surface area contributed by atoms with E-state index in [-0.39, 0.29) is 5.54 Å². The average molecular weight is 226 g/mol. The van der Waals surface area contributed by atoms with Crippen LogP contribution >= 0.6 is 0 Å². The number of hydrogen-bond acceptors (Lipinski definition) is 3. The van der Waals surface area contributed by atoms with Gasteiger partial charge in [0.1, 0.15) is 0 Å². The molecule has 1 aliphatic carbocycles. The lowest BCUT2D eigenvalue weighted by molar-refractivity contribution is -0.0836. The predicted molar refractivity (Wildman–Crippen MR) is 66.7 cm³/mol. The van der Waals surface area contributed by atoms with Crippen LogP contribution in [0.5, 0.6) is 0 Å². The van der Waals surface area contributed by atoms with E-state index >= 15 is 0 Å². The minimum atomic E-state index is 0.204. The van der Waals surface area contributed by atoms with Crippen molar-refractivity contribution in [2.45, 2.75) is 57.2 Å². The fraction of sp³-hybridized carbons (Fsp3) is 1.00. The van der Waals surface area contributed by atoms with Gasteiger partial charge >= 0.3 is 0 Å². The van der Waals surface area contributed by atoms with E-state index < -0.39 is 0 Å². The van der Waals surface area contributed by atoms with Gasteiger partial charge in [-0.05, 0) is 33.7 Å². The van der Waals surface area contributed by atoms with Crippen LogP contribution in [0.3, 0.4) is 0 Å². The van der Waals surface area contributed by atoms with Gasteiger partial charge in [0.05, 0.1) is 13.2 Å². The molecule has 1 heterocycles. The molecule has 0 aromatic rings. The van der Waals surface area contributed by atoms with Crippen molar-refractivity contribution in [1.82, 2.24) is 10.2 Å². The first-order valence-corrected chi connectivity index (χ1v) is 6.67. The van der Waals surface area contributed by atoms with E-state index in [0.29, 0.717) is 12.1 Å². The van der Waals surface area contributed by atoms with Gasteiger partial charge in [-0.2, -0.15) is 0 Å². The fourth-order valence-corrected chi connectivity index (χ4v) is 3.31. The van der Waals surface area contributed by atoms with Crippen molar-refractivity contribution in [1.29, 1.82) is 0 Å². The maximum absolute atomic E-state index is 5.61. The van der Waals surface area contributed by atoms with Crippen LogP contribution < -0.4 is 5.32 Å². The topological polar surface area (TPSA) is 24.5 Å². The molecule has 94 valence electrons. The summed E-state index contributed by atoms with van der Waals surface area (Å²) in [6.45, 7) is 7.49. The monoisotopic (exact) mass is 226 g/mol. The molecule has 0 radical (unpaired) electrons. The molecule has 2 unspecified atom stereocenters. The second kappa shape index (κ2) is 5.03. The molecular weight excluding hydrogens is 200 g/mol. The van der Waals surface area contributed by atoms with Crippen LogP contribution in [0.1, 0.15) is 39.5 Å². The van der Waals surface area contributed by atoms with Crippen molar-refractivity contribution < 1.29 is 4.74 Å². The molecule has 0 aromatic carbocycles. The van der Waals surface area contributed by atoms with Crippen molar-refractivity contribution >= 4 is 0 Å². The number of rotatable bonds is 2. The Morgan fingerprint density at radius 3 is 2.69 bits per heavy atom. The predicted octanol–water partition coefficient (Wildman–Crippen LogP) is 1.63. The van der Waals surface area contributed by atoms with Crippen molar-refractivity contribution in [3.8, 4) is 0 Å². The Hall–Kier alpha value is -0.120. The first kappa shape index (κ1) is 12.3. The summed E-state index contributed by atoms with van der Waals surface area (Å²) in [5.74, 6) is 0. The number of nitrogens with zero attached hydrogens (tertiary/aromatic N) is 1. The summed E-state index contributed by atoms with van der Waals surface area (Å²) < 4.78 is 5.61. The van der Waals surface area contributed by atoms with Crippen LogP contribution in [0.25, 0.3) is 0 Å². The third kappa shape index (κ3) is 2.41. The molecule has 1 saturated heterocycles. The van der Waals surface area contributed by atoms with E-state index in [0.717, 1.165) is 19.8 Å². The van der Waals surface area contributed by atoms with Crippen LogP contribution in [0.4, 0.5) is 0 Å². The highest BCUT2D eigenvalue weighted by Crippen LogP contribution is 2.30. The number of ether oxygens (including phenoxy) is 1. The number of hydrogen-bond donors (Lipinski definition) is 1. The molecule has 1 saturated carbocycles. The Kier molecular flexibility index (Phi) is 3.88. The van der Waals surface area contributed by atoms with Crippen molar-refractivity contribution in [2.24, 2.45) is 0 Å². The Bertz CT molecular complexity index is 230. The lowest BCUT2D eigenvalue weighted by Gasteiger charge is -2.50. The van der Waals surface area contributed by atoms with Gasteiger partial charge in [0.25, 0.3) is 0 Å². The molecule has 1 aliphatic heterocycles. The molecule has 2 rings (SSSR count). The molecule has 0 bridgehead atoms. The second-order valence-electron chi connectivity index (χ2n) is 5.81. The summed E-state index contributed by atoms with van der Waals surface area (Å²) in [5.41, 5.74) is 0.204. The highest BCUT2D eigenvalue weighted by atomic mass is 16.5. The molecule has 16 heavy (non-hydrogen) atoms. The normalized spacial score (nSPS) is 36.2. The zero-order valence-corrected chi connectivity index (χ0v) is 11.0. The largest absolute Gasteiger partial charge is 0.378 e. The third-order valence-corrected chi connectivity index (χ3v) is 4.21. The molecule has 3 heteroatoms. The highest BCUT2D eigenvalue weighted by Gasteiger charge is 2.39. The summed E-state index contributed by atoms with van der Waals surface area (Å²) in [5, 5.41) is 3.51. The summed E-state index contributed by atoms with van der Waals surface area (Å²) in [6, 6.07) is 1.38. The SMILES string of the molecule is CNC1CCCCC1N1CCOCC1(C)C. The lowest BCUT2D eigenvalue weighted by Crippen LogP contribution is -2.62. The fourth-order valence-electron chi connectivity index (χ4n) is 3.31. The van der Waals surface area contributed by atoms with Gasteiger partial charge in [-0.3, -0.25) is 4.90 Å². The quantitative estimate of drug-likeness (QED) is 0.774. The molecule has 0 amide bonds. The number of nitrogens with one attached hydrogen (secondary N) is 1. The van der Waals surface area contributed by atoms with E-state index in [9.17, 15) is 0 Å². The Morgan fingerprint density at radius 2 is 2.00 bits per heavy atom. The van der Waals surface area contributed by atoms with Crippen LogP contribution in [0, 0.1) is 0 Å². The minimum absolute atomic E-state index is 0.204. The lowest BCUT2D eigenvalue weighted by atomic mass is 9.86. The molecule has 2 aliphatic rings. The summed E-state index contributed by atoms with van der Waals surface area (Å²) in [6.07, 6.45) is 5.44. The van der Waals surface area contributed by atoms with Crippen molar-refractivity contribution in [3.05, 3.63) is 0 Å². The van der Waals surface area contributed by atoms with E-state index in [2.05, 4.69) is 31.1 Å². The third-order valence-electron chi connectivity index (χ3n) is 4.21. The molecule has 1 N–H and O–H groups in total. The smallest absolute Gasteiger partial charge is 0.0645 e. The Labute approximate surface area is 99.5 Å². The van der Waals surface area contributed by atoms with E-state index in [1.54, 1.807) is 0 Å². The van der Waals surface area contributed by atoms with Gasteiger partial charge in [0.15, 0.2) is 0 Å². The first-order chi connectivity index (χ1) is 7.65. The summed E-state index contributed by atoms with van der Waals surface area (Å²) in [4.78, 5) is 2.68. The van der Waals surface area contributed by atoms with E-state index in [4.69, 9.17) is 4.74 Å². The van der Waals surface area contributed by atoms with Gasteiger partial charge in [0, 0.05) is 24.2 Å². The number of likely N-dealkylation sites (N-methyl/N-ethyl adjacent to an activating group) is 1. The molecule has 3 nitrogen and oxygen atoms in total. The van der Waals surface area contributed by atoms with Gasteiger partial charge < -0.3 is 10.1 Å². The second-order valence-corrected chi connectivity index (χ2v) is 5.81. The molecule has 2 fully saturated rings. The maximum Gasteiger partial charge on any atom is 0.0645 e. The minimum Gasteiger partial charge on any atom is -0.378 e. The van der Waals surface area contributed by atoms with Crippen LogP contribution in [0.2, 0.25) is 0 Å². The zero-order valence-electron chi connectivity index (χ0n) is 11.0. The highest BCUT2D eigenvalue weighted by molar-refractivity contribution is 4.95. The molecule has 2 atom stereocenters. The standard InChI is InChI=1S/C13H26N2O/c1-13(2)10-16-9-8-15(13)12-7-5-4-6-11(12)14-3/h11-12,14H,4-10H2,1-3H3. The van der Waals surface area contributed by atoms with Crippen molar-refractivity contribution in [3.63, 3.8) is 0 Å². The van der Waals surface area contributed by atoms with Crippen LogP contribution in [-0.2, 0) is 4.74 Å². The summed E-state index contributed by atoms with van der Waals surface area (Å²) in [7, 11) is 2.11. The Balaban J connectivity index is 2.08. The van der Waals surface area contributed by atoms with Crippen molar-refractivity contribution in [2.75, 3.05) is 26.8 Å². The van der Waals surface area contributed by atoms with Gasteiger partial charge in [-0.25, -0.2) is 0 Å². The van der Waals surface area contributed by atoms with Gasteiger partial charge in [-0.15, -0.1) is 0 Å². The number of morpholine rings is 1. The van der Waals surface area contributed by atoms with E-state index in [1.807, 2.05) is 0 Å². The van der Waals surface area contributed by atoms with Gasteiger partial charge in [0.2, 0.25) is 0 Å². The van der Waals surface area contributed by atoms with Crippen LogP contribution in [0.15, 0.2) is 0 Å². The first-order valence-electron chi connectivity index (χ1n) is 6.67. The molecular formula is C13H26N2O. The average Bonchev–Trinajstić information content (AvgIpc) is 2.28. The summed E-state index contributed by atoms with van der Waals surface area (Å²) >= 11 is 0. The molecule has 0 spiro atoms. The van der Waals surface area contributed by atoms with Gasteiger partial charge in [-0.1, -0.05) is 12.8 Å². The Morgan fingerprint density at radius 1 is 1.25 bits per heavy atom. The van der Waals surface area contributed by atoms with Crippen LogP contribution in [-0.4, -0.2) is 49.3 Å².